The maximum absolute atomic E-state index is 13.9. The standard InChI is InChI=1S/C25H27N3O8S2/c1-14(2)10-11-25(3)17-7-5-4-6-16(17)22(31)21(23(25)32)24-26-18-9-8-15(12-19(18)38(35,36)28-24)27-37(33,34)13-20(29)30/h4-9,12,14,27,31H,10-11,13H2,1-3H3,(H,26,28)(H,29,30)/t25-/m1/s1. The van der Waals surface area contributed by atoms with E-state index in [0.29, 0.717) is 29.9 Å². The number of carbonyl (C=O) groups excluding carboxylic acids is 1. The number of carbonyl (C=O) groups is 2. The van der Waals surface area contributed by atoms with Crippen molar-refractivity contribution in [1.29, 1.82) is 0 Å². The van der Waals surface area contributed by atoms with Gasteiger partial charge in [-0.25, -0.2) is 8.42 Å². The molecule has 0 saturated heterocycles. The minimum absolute atomic E-state index is 0.00650. The summed E-state index contributed by atoms with van der Waals surface area (Å²) in [7, 11) is -8.73. The van der Waals surface area contributed by atoms with E-state index in [4.69, 9.17) is 5.11 Å². The van der Waals surface area contributed by atoms with Gasteiger partial charge in [0.25, 0.3) is 10.0 Å². The highest BCUT2D eigenvalue weighted by molar-refractivity contribution is 7.93. The Bertz CT molecular complexity index is 1630. The van der Waals surface area contributed by atoms with Crippen molar-refractivity contribution in [3.63, 3.8) is 0 Å². The summed E-state index contributed by atoms with van der Waals surface area (Å²) in [6, 6.07) is 10.4. The SMILES string of the molecule is CC(C)CC[C@@]1(C)C(=O)C(C2=NS(=O)(=O)c3cc(NS(=O)(=O)CC(=O)O)ccc3N2)=C(O)c2ccccc21. The lowest BCUT2D eigenvalue weighted by molar-refractivity contribution is -0.134. The van der Waals surface area contributed by atoms with Crippen LogP contribution in [0.1, 0.15) is 44.7 Å². The molecule has 1 aliphatic carbocycles. The van der Waals surface area contributed by atoms with E-state index in [1.807, 2.05) is 18.6 Å². The van der Waals surface area contributed by atoms with Gasteiger partial charge in [-0.2, -0.15) is 8.42 Å². The summed E-state index contributed by atoms with van der Waals surface area (Å²) in [6.07, 6.45) is 1.18. The van der Waals surface area contributed by atoms with Crippen LogP contribution in [0.5, 0.6) is 0 Å². The van der Waals surface area contributed by atoms with Crippen molar-refractivity contribution < 1.29 is 36.6 Å². The topological polar surface area (TPSA) is 179 Å². The Morgan fingerprint density at radius 3 is 2.53 bits per heavy atom. The first kappa shape index (κ1) is 27.3. The van der Waals surface area contributed by atoms with Crippen LogP contribution in [0.3, 0.4) is 0 Å². The number of ketones is 1. The van der Waals surface area contributed by atoms with E-state index in [9.17, 15) is 31.5 Å². The van der Waals surface area contributed by atoms with Crippen molar-refractivity contribution in [3.05, 3.63) is 59.2 Å². The highest BCUT2D eigenvalue weighted by Crippen LogP contribution is 2.44. The molecule has 0 saturated carbocycles. The molecular formula is C25H27N3O8S2. The highest BCUT2D eigenvalue weighted by Gasteiger charge is 2.46. The van der Waals surface area contributed by atoms with Gasteiger partial charge in [-0.3, -0.25) is 14.3 Å². The van der Waals surface area contributed by atoms with Crippen molar-refractivity contribution in [2.24, 2.45) is 10.3 Å². The van der Waals surface area contributed by atoms with Gasteiger partial charge in [0.15, 0.2) is 17.4 Å². The number of carboxylic acid groups (broad SMARTS) is 1. The molecule has 0 fully saturated rings. The number of carboxylic acids is 1. The average molecular weight is 562 g/mol. The number of anilines is 2. The van der Waals surface area contributed by atoms with E-state index in [1.165, 1.54) is 12.1 Å². The summed E-state index contributed by atoms with van der Waals surface area (Å²) < 4.78 is 56.0. The van der Waals surface area contributed by atoms with Crippen LogP contribution in [0.4, 0.5) is 11.4 Å². The van der Waals surface area contributed by atoms with E-state index < -0.39 is 48.7 Å². The van der Waals surface area contributed by atoms with E-state index >= 15 is 0 Å². The Hall–Kier alpha value is -3.71. The van der Waals surface area contributed by atoms with Gasteiger partial charge in [0.1, 0.15) is 16.2 Å². The van der Waals surface area contributed by atoms with E-state index in [2.05, 4.69) is 9.71 Å². The monoisotopic (exact) mass is 561 g/mol. The number of benzene rings is 2. The molecule has 38 heavy (non-hydrogen) atoms. The fourth-order valence-corrected chi connectivity index (χ4v) is 6.60. The zero-order valence-corrected chi connectivity index (χ0v) is 22.5. The lowest BCUT2D eigenvalue weighted by atomic mass is 9.66. The zero-order valence-electron chi connectivity index (χ0n) is 20.8. The Labute approximate surface area is 220 Å². The quantitative estimate of drug-likeness (QED) is 0.376. The van der Waals surface area contributed by atoms with Gasteiger partial charge in [0.2, 0.25) is 10.0 Å². The molecule has 1 aliphatic heterocycles. The Morgan fingerprint density at radius 2 is 1.87 bits per heavy atom. The Kier molecular flexibility index (Phi) is 6.87. The summed E-state index contributed by atoms with van der Waals surface area (Å²) in [5.74, 6) is -3.69. The Balaban J connectivity index is 1.78. The number of aliphatic hydroxyl groups is 1. The molecule has 0 spiro atoms. The molecular weight excluding hydrogens is 534 g/mol. The summed E-state index contributed by atoms with van der Waals surface area (Å²) in [5, 5.41) is 22.7. The second-order valence-corrected chi connectivity index (χ2v) is 13.2. The van der Waals surface area contributed by atoms with E-state index in [0.717, 1.165) is 6.07 Å². The number of fused-ring (bicyclic) bond motifs is 2. The van der Waals surface area contributed by atoms with Crippen LogP contribution in [0.25, 0.3) is 5.76 Å². The second kappa shape index (κ2) is 9.55. The van der Waals surface area contributed by atoms with Gasteiger partial charge in [-0.05, 0) is 49.4 Å². The van der Waals surface area contributed by atoms with Crippen LogP contribution < -0.4 is 10.0 Å². The van der Waals surface area contributed by atoms with Crippen molar-refractivity contribution >= 4 is 54.8 Å². The van der Waals surface area contributed by atoms with Crippen LogP contribution >= 0.6 is 0 Å². The number of amidine groups is 1. The fraction of sp³-hybridized carbons (Fsp3) is 0.320. The molecule has 1 heterocycles. The summed E-state index contributed by atoms with van der Waals surface area (Å²) in [6.45, 7) is 5.83. The summed E-state index contributed by atoms with van der Waals surface area (Å²) in [5.41, 5.74) is -0.417. The lowest BCUT2D eigenvalue weighted by Gasteiger charge is -2.36. The van der Waals surface area contributed by atoms with Crippen molar-refractivity contribution in [1.82, 2.24) is 0 Å². The molecule has 4 rings (SSSR count). The largest absolute Gasteiger partial charge is 0.506 e. The number of sulfonamides is 2. The number of hydrogen-bond acceptors (Lipinski definition) is 8. The summed E-state index contributed by atoms with van der Waals surface area (Å²) >= 11 is 0. The maximum atomic E-state index is 13.9. The highest BCUT2D eigenvalue weighted by atomic mass is 32.2. The van der Waals surface area contributed by atoms with Gasteiger partial charge >= 0.3 is 5.97 Å². The molecule has 202 valence electrons. The van der Waals surface area contributed by atoms with Gasteiger partial charge in [0.05, 0.1) is 16.8 Å². The first-order chi connectivity index (χ1) is 17.6. The van der Waals surface area contributed by atoms with Gasteiger partial charge in [0, 0.05) is 5.56 Å². The van der Waals surface area contributed by atoms with Crippen LogP contribution in [-0.2, 0) is 35.1 Å². The number of aliphatic hydroxyl groups excluding tert-OH is 1. The maximum Gasteiger partial charge on any atom is 0.320 e. The first-order valence-corrected chi connectivity index (χ1v) is 14.8. The second-order valence-electron chi connectivity index (χ2n) is 9.87. The molecule has 11 nitrogen and oxygen atoms in total. The molecule has 0 bridgehead atoms. The number of Topliss-reactive ketones (excluding diaryl/α,β-unsaturated/α-hetero) is 1. The molecule has 2 aromatic carbocycles. The third kappa shape index (κ3) is 5.03. The number of rotatable bonds is 8. The van der Waals surface area contributed by atoms with E-state index in [-0.39, 0.29) is 27.7 Å². The minimum atomic E-state index is -4.45. The molecule has 0 unspecified atom stereocenters. The number of hydrogen-bond donors (Lipinski definition) is 4. The number of aliphatic carboxylic acids is 1. The zero-order chi connectivity index (χ0) is 28.0. The first-order valence-electron chi connectivity index (χ1n) is 11.7. The van der Waals surface area contributed by atoms with Gasteiger partial charge in [-0.1, -0.05) is 38.1 Å². The third-order valence-electron chi connectivity index (χ3n) is 6.51. The van der Waals surface area contributed by atoms with Crippen molar-refractivity contribution in [3.8, 4) is 0 Å². The van der Waals surface area contributed by atoms with Crippen LogP contribution in [0.15, 0.2) is 57.3 Å². The lowest BCUT2D eigenvalue weighted by Crippen LogP contribution is -2.42. The molecule has 1 atom stereocenters. The summed E-state index contributed by atoms with van der Waals surface area (Å²) in [4.78, 5) is 24.3. The van der Waals surface area contributed by atoms with Crippen LogP contribution in [0, 0.1) is 5.92 Å². The minimum Gasteiger partial charge on any atom is -0.506 e. The normalized spacial score (nSPS) is 20.3. The van der Waals surface area contributed by atoms with Crippen molar-refractivity contribution in [2.75, 3.05) is 15.8 Å². The number of nitrogens with one attached hydrogen (secondary N) is 2. The number of nitrogens with zero attached hydrogens (tertiary/aromatic N) is 1. The van der Waals surface area contributed by atoms with Gasteiger partial charge in [-0.15, -0.1) is 4.40 Å². The third-order valence-corrected chi connectivity index (χ3v) is 9.00. The average Bonchev–Trinajstić information content (AvgIpc) is 2.81. The van der Waals surface area contributed by atoms with Crippen LogP contribution in [0.2, 0.25) is 0 Å². The fourth-order valence-electron chi connectivity index (χ4n) is 4.57. The molecule has 0 radical (unpaired) electrons. The van der Waals surface area contributed by atoms with Gasteiger partial charge < -0.3 is 15.5 Å². The molecule has 4 N–H and O–H groups in total. The molecule has 0 amide bonds. The molecule has 13 heteroatoms. The molecule has 2 aliphatic rings. The smallest absolute Gasteiger partial charge is 0.320 e. The van der Waals surface area contributed by atoms with Crippen LogP contribution in [-0.4, -0.2) is 50.4 Å². The van der Waals surface area contributed by atoms with Crippen molar-refractivity contribution in [2.45, 2.75) is 43.9 Å². The predicted molar refractivity (Wildman–Crippen MR) is 142 cm³/mol. The van der Waals surface area contributed by atoms with E-state index in [1.54, 1.807) is 31.2 Å². The Morgan fingerprint density at radius 1 is 1.18 bits per heavy atom. The molecule has 0 aromatic heterocycles. The molecule has 2 aromatic rings. The predicted octanol–water partition coefficient (Wildman–Crippen LogP) is 3.27.